The Morgan fingerprint density at radius 1 is 0.767 bits per heavy atom. The molecular formula is C19H34O9S2. The maximum absolute atomic E-state index is 10.5. The lowest BCUT2D eigenvalue weighted by Gasteiger charge is -2.60. The number of fused-ring (bicyclic) bond motifs is 5. The predicted octanol–water partition coefficient (Wildman–Crippen LogP) is 2.36. The minimum absolute atomic E-state index is 0.0400. The predicted molar refractivity (Wildman–Crippen MR) is 108 cm³/mol. The quantitative estimate of drug-likeness (QED) is 0.444. The maximum atomic E-state index is 10.5. The van der Waals surface area contributed by atoms with Crippen LogP contribution in [0.1, 0.15) is 71.6 Å². The van der Waals surface area contributed by atoms with E-state index in [4.69, 9.17) is 9.11 Å². The molecule has 0 spiro atoms. The monoisotopic (exact) mass is 470 g/mol. The van der Waals surface area contributed by atoms with E-state index in [9.17, 15) is 27.0 Å². The highest BCUT2D eigenvalue weighted by atomic mass is 32.3. The summed E-state index contributed by atoms with van der Waals surface area (Å²) in [4.78, 5) is 0. The van der Waals surface area contributed by atoms with Crippen LogP contribution in [0.15, 0.2) is 0 Å². The Bertz CT molecular complexity index is 812. The Morgan fingerprint density at radius 3 is 1.90 bits per heavy atom. The Kier molecular flexibility index (Phi) is 6.69. The molecule has 0 amide bonds. The Morgan fingerprint density at radius 2 is 1.33 bits per heavy atom. The van der Waals surface area contributed by atoms with Crippen LogP contribution in [-0.4, -0.2) is 48.4 Å². The van der Waals surface area contributed by atoms with Crippen LogP contribution in [0.2, 0.25) is 0 Å². The van der Waals surface area contributed by atoms with Gasteiger partial charge in [0, 0.05) is 0 Å². The van der Waals surface area contributed by atoms with Crippen molar-refractivity contribution in [2.45, 2.75) is 83.8 Å². The fraction of sp³-hybridized carbons (Fsp3) is 1.00. The first-order valence-electron chi connectivity index (χ1n) is 10.7. The lowest BCUT2D eigenvalue weighted by atomic mass is 9.45. The van der Waals surface area contributed by atoms with Crippen LogP contribution in [0.4, 0.5) is 0 Å². The second kappa shape index (κ2) is 8.24. The van der Waals surface area contributed by atoms with Crippen LogP contribution in [-0.2, 0) is 24.4 Å². The summed E-state index contributed by atoms with van der Waals surface area (Å²) in [7, 11) is -10.2. The van der Waals surface area contributed by atoms with Gasteiger partial charge >= 0.3 is 20.8 Å². The van der Waals surface area contributed by atoms with Crippen molar-refractivity contribution in [1.29, 1.82) is 0 Å². The highest BCUT2D eigenvalue weighted by Crippen LogP contribution is 2.66. The van der Waals surface area contributed by atoms with E-state index in [-0.39, 0.29) is 17.6 Å². The molecule has 4 saturated carbocycles. The lowest BCUT2D eigenvalue weighted by molar-refractivity contribution is -0.133. The summed E-state index contributed by atoms with van der Waals surface area (Å²) < 4.78 is 55.6. The van der Waals surface area contributed by atoms with Gasteiger partial charge in [0.1, 0.15) is 0 Å². The first kappa shape index (κ1) is 24.3. The van der Waals surface area contributed by atoms with Crippen LogP contribution < -0.4 is 0 Å². The maximum Gasteiger partial charge on any atom is 0.413 e. The van der Waals surface area contributed by atoms with E-state index >= 15 is 0 Å². The Hall–Kier alpha value is -0.300. The molecule has 4 aliphatic rings. The third-order valence-electron chi connectivity index (χ3n) is 8.76. The van der Waals surface area contributed by atoms with E-state index in [2.05, 4.69) is 17.5 Å². The van der Waals surface area contributed by atoms with Crippen LogP contribution in [0.25, 0.3) is 0 Å². The molecule has 4 aliphatic carbocycles. The molecule has 0 bridgehead atoms. The second-order valence-electron chi connectivity index (χ2n) is 10.1. The van der Waals surface area contributed by atoms with E-state index in [1.54, 1.807) is 0 Å². The molecule has 4 fully saturated rings. The van der Waals surface area contributed by atoms with Crippen LogP contribution in [0.3, 0.4) is 0 Å². The number of rotatable bonds is 2. The van der Waals surface area contributed by atoms with Crippen molar-refractivity contribution in [1.82, 2.24) is 0 Å². The standard InChI is InChI=1S/C19H32O2.H2O7S2/c1-18-9-7-13(20)11-12(18)3-4-14-15-5-6-17(21)19(15,2)10-8-16(14)18;1-8(2,3)7-9(4,5)6/h12-17,20-21H,3-11H2,1-2H3;(H,1,2,3)(H,4,5,6)/t12-,13-,14-,15-,16-,17+,18-,19-;/m0./s1. The van der Waals surface area contributed by atoms with Crippen molar-refractivity contribution < 1.29 is 39.8 Å². The van der Waals surface area contributed by atoms with E-state index in [0.717, 1.165) is 42.9 Å². The third kappa shape index (κ3) is 4.87. The Labute approximate surface area is 179 Å². The van der Waals surface area contributed by atoms with Crippen molar-refractivity contribution in [3.8, 4) is 0 Å². The first-order chi connectivity index (χ1) is 13.7. The molecule has 0 aromatic rings. The van der Waals surface area contributed by atoms with Gasteiger partial charge in [0.15, 0.2) is 0 Å². The van der Waals surface area contributed by atoms with Gasteiger partial charge in [-0.2, -0.15) is 16.8 Å². The molecular weight excluding hydrogens is 436 g/mol. The molecule has 0 unspecified atom stereocenters. The summed E-state index contributed by atoms with van der Waals surface area (Å²) in [5, 5.41) is 20.5. The average molecular weight is 471 g/mol. The van der Waals surface area contributed by atoms with E-state index in [0.29, 0.717) is 5.41 Å². The molecule has 0 heterocycles. The molecule has 4 N–H and O–H groups in total. The zero-order valence-electron chi connectivity index (χ0n) is 17.5. The fourth-order valence-electron chi connectivity index (χ4n) is 7.32. The summed E-state index contributed by atoms with van der Waals surface area (Å²) in [6.45, 7) is 4.90. The molecule has 0 saturated heterocycles. The smallest absolute Gasteiger partial charge is 0.393 e. The molecule has 9 nitrogen and oxygen atoms in total. The van der Waals surface area contributed by atoms with Gasteiger partial charge in [-0.05, 0) is 92.3 Å². The molecule has 11 heteroatoms. The number of aliphatic hydroxyl groups excluding tert-OH is 2. The van der Waals surface area contributed by atoms with Gasteiger partial charge in [-0.15, -0.1) is 3.63 Å². The summed E-state index contributed by atoms with van der Waals surface area (Å²) in [6, 6.07) is 0. The van der Waals surface area contributed by atoms with Gasteiger partial charge in [-0.3, -0.25) is 9.11 Å². The van der Waals surface area contributed by atoms with Crippen LogP contribution >= 0.6 is 0 Å². The van der Waals surface area contributed by atoms with E-state index in [1.807, 2.05) is 0 Å². The molecule has 8 atom stereocenters. The van der Waals surface area contributed by atoms with Gasteiger partial charge in [0.05, 0.1) is 12.2 Å². The SMILES string of the molecule is C[C@]12CC[C@H](O)C[C@@H]1CC[C@@H]1[C@@H]2CC[C@]2(C)[C@H](O)CC[C@@H]12.O=S(=O)(O)OS(=O)(=O)O. The number of hydrogen-bond acceptors (Lipinski definition) is 7. The molecule has 30 heavy (non-hydrogen) atoms. The topological polar surface area (TPSA) is 158 Å². The van der Waals surface area contributed by atoms with Gasteiger partial charge in [-0.25, -0.2) is 0 Å². The minimum Gasteiger partial charge on any atom is -0.393 e. The fourth-order valence-corrected chi connectivity index (χ4v) is 8.19. The summed E-state index contributed by atoms with van der Waals surface area (Å²) in [5.74, 6) is 3.21. The van der Waals surface area contributed by atoms with Gasteiger partial charge in [0.25, 0.3) is 0 Å². The summed E-state index contributed by atoms with van der Waals surface area (Å²) in [6.07, 6.45) is 10.7. The number of aliphatic hydroxyl groups is 2. The Balaban J connectivity index is 0.000000244. The summed E-state index contributed by atoms with van der Waals surface area (Å²) in [5.41, 5.74) is 0.676. The van der Waals surface area contributed by atoms with Gasteiger partial charge < -0.3 is 10.2 Å². The van der Waals surface area contributed by atoms with E-state index < -0.39 is 20.8 Å². The van der Waals surface area contributed by atoms with Crippen molar-refractivity contribution in [2.24, 2.45) is 34.5 Å². The molecule has 4 rings (SSSR count). The molecule has 0 aromatic carbocycles. The van der Waals surface area contributed by atoms with Crippen molar-refractivity contribution in [3.63, 3.8) is 0 Å². The molecule has 0 radical (unpaired) electrons. The minimum atomic E-state index is -5.12. The van der Waals surface area contributed by atoms with Crippen molar-refractivity contribution in [2.75, 3.05) is 0 Å². The van der Waals surface area contributed by atoms with E-state index in [1.165, 1.54) is 38.5 Å². The normalized spacial score (nSPS) is 46.1. The van der Waals surface area contributed by atoms with Gasteiger partial charge in [0.2, 0.25) is 0 Å². The second-order valence-corrected chi connectivity index (χ2v) is 12.4. The van der Waals surface area contributed by atoms with Crippen molar-refractivity contribution >= 4 is 20.8 Å². The zero-order valence-corrected chi connectivity index (χ0v) is 19.1. The highest BCUT2D eigenvalue weighted by Gasteiger charge is 2.59. The van der Waals surface area contributed by atoms with Gasteiger partial charge in [-0.1, -0.05) is 13.8 Å². The largest absolute Gasteiger partial charge is 0.413 e. The molecule has 0 aliphatic heterocycles. The average Bonchev–Trinajstić information content (AvgIpc) is 2.88. The molecule has 176 valence electrons. The first-order valence-corrected chi connectivity index (χ1v) is 13.4. The highest BCUT2D eigenvalue weighted by molar-refractivity contribution is 7.94. The third-order valence-corrected chi connectivity index (χ3v) is 10.1. The van der Waals surface area contributed by atoms with Crippen molar-refractivity contribution in [3.05, 3.63) is 0 Å². The molecule has 0 aromatic heterocycles. The van der Waals surface area contributed by atoms with Crippen LogP contribution in [0.5, 0.6) is 0 Å². The summed E-state index contributed by atoms with van der Waals surface area (Å²) >= 11 is 0. The van der Waals surface area contributed by atoms with Crippen LogP contribution in [0, 0.1) is 34.5 Å². The number of hydrogen-bond donors (Lipinski definition) is 4. The zero-order chi connectivity index (χ0) is 22.5. The lowest BCUT2D eigenvalue weighted by Crippen LogP contribution is -2.54.